The molecule has 0 amide bonds. The van der Waals surface area contributed by atoms with E-state index in [4.69, 9.17) is 4.98 Å². The monoisotopic (exact) mass is 391 g/mol. The average Bonchev–Trinajstić information content (AvgIpc) is 3.15. The van der Waals surface area contributed by atoms with Gasteiger partial charge in [-0.15, -0.1) is 0 Å². The lowest BCUT2D eigenvalue weighted by Crippen LogP contribution is -2.37. The molecule has 29 heavy (non-hydrogen) atoms. The Labute approximate surface area is 173 Å². The zero-order valence-corrected chi connectivity index (χ0v) is 17.6. The first-order valence-electron chi connectivity index (χ1n) is 10.7. The molecule has 2 atom stereocenters. The van der Waals surface area contributed by atoms with Crippen LogP contribution in [0, 0.1) is 5.92 Å². The van der Waals surface area contributed by atoms with E-state index in [9.17, 15) is 5.11 Å². The molecular formula is C22H30BN5O. The Morgan fingerprint density at radius 3 is 2.83 bits per heavy atom. The van der Waals surface area contributed by atoms with Gasteiger partial charge < -0.3 is 10.4 Å². The van der Waals surface area contributed by atoms with E-state index in [1.807, 2.05) is 36.8 Å². The highest BCUT2D eigenvalue weighted by molar-refractivity contribution is 6.54. The molecule has 6 nitrogen and oxygen atoms in total. The summed E-state index contributed by atoms with van der Waals surface area (Å²) in [5.41, 5.74) is 3.53. The van der Waals surface area contributed by atoms with Crippen LogP contribution in [0.3, 0.4) is 0 Å². The van der Waals surface area contributed by atoms with Crippen LogP contribution in [0.5, 0.6) is 0 Å². The lowest BCUT2D eigenvalue weighted by atomic mass is 9.70. The van der Waals surface area contributed by atoms with Gasteiger partial charge in [-0.25, -0.2) is 4.98 Å². The summed E-state index contributed by atoms with van der Waals surface area (Å²) in [5.74, 6) is 1.41. The number of pyridine rings is 1. The van der Waals surface area contributed by atoms with Gasteiger partial charge in [-0.3, -0.25) is 4.98 Å². The molecule has 1 aliphatic rings. The van der Waals surface area contributed by atoms with Gasteiger partial charge in [0, 0.05) is 37.1 Å². The van der Waals surface area contributed by atoms with Crippen molar-refractivity contribution in [1.82, 2.24) is 19.6 Å². The Hall–Kier alpha value is -2.41. The van der Waals surface area contributed by atoms with Gasteiger partial charge in [0.25, 0.3) is 0 Å². The fourth-order valence-electron chi connectivity index (χ4n) is 4.62. The van der Waals surface area contributed by atoms with Crippen molar-refractivity contribution in [2.75, 3.05) is 5.32 Å². The van der Waals surface area contributed by atoms with Gasteiger partial charge >= 0.3 is 0 Å². The summed E-state index contributed by atoms with van der Waals surface area (Å²) in [6, 6.07) is 6.14. The van der Waals surface area contributed by atoms with Crippen LogP contribution in [0.15, 0.2) is 36.8 Å². The molecule has 0 radical (unpaired) electrons. The molecule has 0 bridgehead atoms. The van der Waals surface area contributed by atoms with Crippen LogP contribution in [0.25, 0.3) is 5.65 Å². The van der Waals surface area contributed by atoms with E-state index in [2.05, 4.69) is 34.4 Å². The van der Waals surface area contributed by atoms with E-state index in [0.29, 0.717) is 6.54 Å². The number of aromatic nitrogens is 4. The van der Waals surface area contributed by atoms with E-state index < -0.39 is 5.60 Å². The van der Waals surface area contributed by atoms with Crippen molar-refractivity contribution >= 4 is 24.2 Å². The van der Waals surface area contributed by atoms with E-state index in [0.717, 1.165) is 48.3 Å². The maximum atomic E-state index is 10.8. The molecule has 3 aromatic heterocycles. The highest BCUT2D eigenvalue weighted by atomic mass is 16.3. The Bertz CT molecular complexity index is 966. The zero-order valence-electron chi connectivity index (χ0n) is 17.6. The van der Waals surface area contributed by atoms with Crippen molar-refractivity contribution in [3.8, 4) is 0 Å². The minimum absolute atomic E-state index is 0.213. The Balaban J connectivity index is 1.74. The third-order valence-corrected chi connectivity index (χ3v) is 6.20. The fraction of sp³-hybridized carbons (Fsp3) is 0.500. The summed E-state index contributed by atoms with van der Waals surface area (Å²) >= 11 is 0. The van der Waals surface area contributed by atoms with E-state index in [1.165, 1.54) is 12.8 Å². The summed E-state index contributed by atoms with van der Waals surface area (Å²) in [4.78, 5) is 9.25. The quantitative estimate of drug-likeness (QED) is 0.632. The van der Waals surface area contributed by atoms with Crippen LogP contribution in [0.2, 0.25) is 6.82 Å². The van der Waals surface area contributed by atoms with Crippen LogP contribution in [-0.2, 0) is 6.54 Å². The molecule has 0 aromatic carbocycles. The molecule has 1 saturated carbocycles. The largest absolute Gasteiger partial charge is 0.390 e. The lowest BCUT2D eigenvalue weighted by molar-refractivity contribution is -0.0105. The summed E-state index contributed by atoms with van der Waals surface area (Å²) in [6.07, 6.45) is 10.0. The van der Waals surface area contributed by atoms with E-state index in [-0.39, 0.29) is 11.8 Å². The minimum atomic E-state index is -0.712. The number of nitrogens with zero attached hydrogens (tertiary/aromatic N) is 4. The van der Waals surface area contributed by atoms with Crippen LogP contribution in [-0.4, -0.2) is 37.6 Å². The van der Waals surface area contributed by atoms with Gasteiger partial charge in [-0.2, -0.15) is 9.61 Å². The van der Waals surface area contributed by atoms with Crippen molar-refractivity contribution in [1.29, 1.82) is 0 Å². The number of aliphatic hydroxyl groups is 1. The maximum absolute atomic E-state index is 10.8. The van der Waals surface area contributed by atoms with Gasteiger partial charge in [-0.05, 0) is 49.7 Å². The minimum Gasteiger partial charge on any atom is -0.390 e. The molecule has 2 N–H and O–H groups in total. The number of hydrogen-bond donors (Lipinski definition) is 2. The maximum Gasteiger partial charge on any atom is 0.161 e. The fourth-order valence-corrected chi connectivity index (χ4v) is 4.62. The second-order valence-corrected chi connectivity index (χ2v) is 8.69. The van der Waals surface area contributed by atoms with Crippen LogP contribution in [0.4, 0.5) is 5.82 Å². The third kappa shape index (κ3) is 4.15. The first-order valence-corrected chi connectivity index (χ1v) is 10.7. The molecule has 3 aromatic rings. The van der Waals surface area contributed by atoms with E-state index >= 15 is 0 Å². The van der Waals surface area contributed by atoms with Gasteiger partial charge in [0.2, 0.25) is 0 Å². The Kier molecular flexibility index (Phi) is 5.59. The number of fused-ring (bicyclic) bond motifs is 1. The zero-order chi connectivity index (χ0) is 20.4. The highest BCUT2D eigenvalue weighted by Crippen LogP contribution is 2.43. The molecule has 3 heterocycles. The number of nitrogens with one attached hydrogen (secondary N) is 1. The number of rotatable bonds is 6. The first-order chi connectivity index (χ1) is 14.0. The standard InChI is InChI=1S/C22H30BN5O/c1-22(2,29)17-9-5-4-8-16(17)19-11-20(25-13-15-7-6-10-24-12-15)28-21(27-19)18(23-3)14-26-28/h6-7,10-12,14,16-17,23,25,29H,4-5,8-9,13H2,1-3H3/t16-,17+/m1/s1. The number of anilines is 1. The Morgan fingerprint density at radius 1 is 1.28 bits per heavy atom. The van der Waals surface area contributed by atoms with Crippen LogP contribution >= 0.6 is 0 Å². The number of hydrogen-bond acceptors (Lipinski definition) is 5. The van der Waals surface area contributed by atoms with Gasteiger partial charge in [-0.1, -0.05) is 25.7 Å². The second-order valence-electron chi connectivity index (χ2n) is 8.69. The van der Waals surface area contributed by atoms with Crippen molar-refractivity contribution < 1.29 is 5.11 Å². The highest BCUT2D eigenvalue weighted by Gasteiger charge is 2.37. The smallest absolute Gasteiger partial charge is 0.161 e. The molecule has 1 aliphatic carbocycles. The molecule has 1 fully saturated rings. The second kappa shape index (κ2) is 8.15. The first kappa shape index (κ1) is 19.9. The molecule has 0 aliphatic heterocycles. The lowest BCUT2D eigenvalue weighted by Gasteiger charge is -2.39. The molecule has 0 spiro atoms. The third-order valence-electron chi connectivity index (χ3n) is 6.20. The Morgan fingerprint density at radius 2 is 2.10 bits per heavy atom. The van der Waals surface area contributed by atoms with Gasteiger partial charge in [0.05, 0.1) is 11.3 Å². The van der Waals surface area contributed by atoms with Crippen LogP contribution in [0.1, 0.15) is 56.7 Å². The average molecular weight is 391 g/mol. The topological polar surface area (TPSA) is 75.3 Å². The molecule has 7 heteroatoms. The summed E-state index contributed by atoms with van der Waals surface area (Å²) in [7, 11) is 0.890. The van der Waals surface area contributed by atoms with E-state index in [1.54, 1.807) is 6.20 Å². The van der Waals surface area contributed by atoms with Crippen molar-refractivity contribution in [3.05, 3.63) is 48.0 Å². The van der Waals surface area contributed by atoms with Crippen molar-refractivity contribution in [2.24, 2.45) is 5.92 Å². The molecule has 4 rings (SSSR count). The van der Waals surface area contributed by atoms with Gasteiger partial charge in [0.1, 0.15) is 5.82 Å². The van der Waals surface area contributed by atoms with Crippen LogP contribution < -0.4 is 10.8 Å². The summed E-state index contributed by atoms with van der Waals surface area (Å²) in [6.45, 7) is 6.68. The van der Waals surface area contributed by atoms with Gasteiger partial charge in [0.15, 0.2) is 12.9 Å². The summed E-state index contributed by atoms with van der Waals surface area (Å²) < 4.78 is 1.90. The van der Waals surface area contributed by atoms with Crippen molar-refractivity contribution in [3.63, 3.8) is 0 Å². The normalized spacial score (nSPS) is 20.0. The molecule has 152 valence electrons. The SMILES string of the molecule is CBc1cnn2c(NCc3cccnc3)cc([C@@H]3CCCC[C@@H]3C(C)(C)O)nc12. The summed E-state index contributed by atoms with van der Waals surface area (Å²) in [5, 5.41) is 18.9. The molecular weight excluding hydrogens is 361 g/mol. The molecule has 0 unspecified atom stereocenters. The predicted octanol–water partition coefficient (Wildman–Crippen LogP) is 2.89. The molecule has 0 saturated heterocycles. The predicted molar refractivity (Wildman–Crippen MR) is 118 cm³/mol. The van der Waals surface area contributed by atoms with Crippen molar-refractivity contribution in [2.45, 2.75) is 64.4 Å².